The number of rotatable bonds is 4. The first-order valence-corrected chi connectivity index (χ1v) is 17.2. The van der Waals surface area contributed by atoms with Crippen LogP contribution in [-0.4, -0.2) is 0 Å². The van der Waals surface area contributed by atoms with Crippen LogP contribution in [0.3, 0.4) is 0 Å². The number of para-hydroxylation sites is 1. The molecule has 0 saturated carbocycles. The lowest BCUT2D eigenvalue weighted by Crippen LogP contribution is -2.09. The van der Waals surface area contributed by atoms with E-state index in [1.165, 1.54) is 74.4 Å². The molecule has 1 aromatic heterocycles. The summed E-state index contributed by atoms with van der Waals surface area (Å²) in [6, 6.07) is 64.4. The Morgan fingerprint density at radius 3 is 1.65 bits per heavy atom. The summed E-state index contributed by atoms with van der Waals surface area (Å²) in [4.78, 5) is 2.37. The summed E-state index contributed by atoms with van der Waals surface area (Å²) in [5.74, 6) is 0. The third-order valence-corrected chi connectivity index (χ3v) is 10.9. The zero-order chi connectivity index (χ0) is 31.6. The second-order valence-corrected chi connectivity index (χ2v) is 13.6. The highest BCUT2D eigenvalue weighted by molar-refractivity contribution is 7.26. The summed E-state index contributed by atoms with van der Waals surface area (Å²) in [6.07, 6.45) is 0. The summed E-state index contributed by atoms with van der Waals surface area (Å²) in [5.41, 5.74) is 5.89. The lowest BCUT2D eigenvalue weighted by molar-refractivity contribution is 1.29. The summed E-state index contributed by atoms with van der Waals surface area (Å²) in [7, 11) is 0. The molecule has 0 saturated heterocycles. The van der Waals surface area contributed by atoms with Crippen molar-refractivity contribution in [2.75, 3.05) is 4.90 Å². The van der Waals surface area contributed by atoms with Gasteiger partial charge in [-0.2, -0.15) is 0 Å². The Hall–Kier alpha value is -5.96. The molecule has 0 aliphatic rings. The molecule has 0 atom stereocenters. The molecule has 0 unspecified atom stereocenters. The highest BCUT2D eigenvalue weighted by Gasteiger charge is 2.17. The van der Waals surface area contributed by atoms with Gasteiger partial charge in [0.25, 0.3) is 0 Å². The average Bonchev–Trinajstić information content (AvgIpc) is 3.54. The highest BCUT2D eigenvalue weighted by atomic mass is 32.1. The number of anilines is 3. The van der Waals surface area contributed by atoms with E-state index in [2.05, 4.69) is 181 Å². The quantitative estimate of drug-likeness (QED) is 0.176. The van der Waals surface area contributed by atoms with E-state index in [0.717, 1.165) is 17.1 Å². The SMILES string of the molecule is c1ccc(N(c2ccc(-c3cc4ccccc4c4c3ccc3ccccc34)cc2)c2ccc3c(c2)sc2ccc4ccccc4c23)cc1. The van der Waals surface area contributed by atoms with Gasteiger partial charge in [-0.1, -0.05) is 127 Å². The van der Waals surface area contributed by atoms with Crippen molar-refractivity contribution in [1.82, 2.24) is 0 Å². The van der Waals surface area contributed by atoms with Crippen molar-refractivity contribution < 1.29 is 0 Å². The van der Waals surface area contributed by atoms with E-state index < -0.39 is 0 Å². The van der Waals surface area contributed by atoms with Crippen molar-refractivity contribution in [1.29, 1.82) is 0 Å². The van der Waals surface area contributed by atoms with Crippen LogP contribution >= 0.6 is 11.3 Å². The monoisotopic (exact) mass is 627 g/mol. The summed E-state index contributed by atoms with van der Waals surface area (Å²) in [6.45, 7) is 0. The van der Waals surface area contributed by atoms with Gasteiger partial charge in [-0.05, 0) is 103 Å². The average molecular weight is 628 g/mol. The lowest BCUT2D eigenvalue weighted by Gasteiger charge is -2.26. The van der Waals surface area contributed by atoms with E-state index >= 15 is 0 Å². The molecule has 1 heterocycles. The molecule has 0 spiro atoms. The van der Waals surface area contributed by atoms with E-state index in [1.807, 2.05) is 11.3 Å². The van der Waals surface area contributed by atoms with E-state index in [1.54, 1.807) is 0 Å². The molecule has 10 aromatic rings. The van der Waals surface area contributed by atoms with Gasteiger partial charge in [0.1, 0.15) is 0 Å². The number of hydrogen-bond donors (Lipinski definition) is 0. The van der Waals surface area contributed by atoms with Crippen LogP contribution in [0.1, 0.15) is 0 Å². The van der Waals surface area contributed by atoms with Crippen LogP contribution in [0.5, 0.6) is 0 Å². The number of thiophene rings is 1. The fraction of sp³-hybridized carbons (Fsp3) is 0. The molecule has 0 aliphatic heterocycles. The topological polar surface area (TPSA) is 3.24 Å². The van der Waals surface area contributed by atoms with Gasteiger partial charge in [0.15, 0.2) is 0 Å². The number of nitrogens with zero attached hydrogens (tertiary/aromatic N) is 1. The third kappa shape index (κ3) is 4.24. The van der Waals surface area contributed by atoms with Crippen LogP contribution in [0.25, 0.3) is 74.4 Å². The zero-order valence-corrected chi connectivity index (χ0v) is 26.9. The molecule has 2 heteroatoms. The fourth-order valence-electron chi connectivity index (χ4n) is 7.60. The van der Waals surface area contributed by atoms with Crippen molar-refractivity contribution in [3.05, 3.63) is 176 Å². The molecule has 0 radical (unpaired) electrons. The number of benzene rings is 9. The van der Waals surface area contributed by atoms with Gasteiger partial charge in [0.05, 0.1) is 0 Å². The second kappa shape index (κ2) is 10.8. The predicted octanol–water partition coefficient (Wildman–Crippen LogP) is 13.8. The minimum atomic E-state index is 1.13. The van der Waals surface area contributed by atoms with Crippen molar-refractivity contribution in [3.63, 3.8) is 0 Å². The minimum absolute atomic E-state index is 1.13. The molecule has 48 heavy (non-hydrogen) atoms. The summed E-state index contributed by atoms with van der Waals surface area (Å²) in [5, 5.41) is 13.0. The van der Waals surface area contributed by atoms with E-state index in [9.17, 15) is 0 Å². The summed E-state index contributed by atoms with van der Waals surface area (Å²) >= 11 is 1.87. The summed E-state index contributed by atoms with van der Waals surface area (Å²) < 4.78 is 2.62. The van der Waals surface area contributed by atoms with Crippen LogP contribution in [0.15, 0.2) is 176 Å². The molecule has 224 valence electrons. The molecule has 9 aromatic carbocycles. The van der Waals surface area contributed by atoms with Gasteiger partial charge < -0.3 is 4.90 Å². The Balaban J connectivity index is 1.13. The molecule has 0 amide bonds. The first-order chi connectivity index (χ1) is 23.8. The molecule has 0 N–H and O–H groups in total. The Labute approximate surface area is 282 Å². The smallest absolute Gasteiger partial charge is 0.0476 e. The van der Waals surface area contributed by atoms with E-state index in [0.29, 0.717) is 0 Å². The molecule has 1 nitrogen and oxygen atoms in total. The van der Waals surface area contributed by atoms with Crippen molar-refractivity contribution >= 4 is 91.7 Å². The fourth-order valence-corrected chi connectivity index (χ4v) is 8.75. The van der Waals surface area contributed by atoms with Crippen LogP contribution in [-0.2, 0) is 0 Å². The molecule has 0 aliphatic carbocycles. The van der Waals surface area contributed by atoms with Gasteiger partial charge >= 0.3 is 0 Å². The Morgan fingerprint density at radius 1 is 0.333 bits per heavy atom. The molecule has 0 fully saturated rings. The highest BCUT2D eigenvalue weighted by Crippen LogP contribution is 2.44. The van der Waals surface area contributed by atoms with Crippen LogP contribution < -0.4 is 4.90 Å². The Bertz CT molecular complexity index is 2810. The Kier molecular flexibility index (Phi) is 6.12. The van der Waals surface area contributed by atoms with Gasteiger partial charge in [-0.25, -0.2) is 0 Å². The predicted molar refractivity (Wildman–Crippen MR) is 209 cm³/mol. The maximum atomic E-state index is 2.37. The largest absolute Gasteiger partial charge is 0.310 e. The van der Waals surface area contributed by atoms with E-state index in [-0.39, 0.29) is 0 Å². The van der Waals surface area contributed by atoms with Gasteiger partial charge in [0, 0.05) is 37.2 Å². The van der Waals surface area contributed by atoms with Crippen molar-refractivity contribution in [2.24, 2.45) is 0 Å². The van der Waals surface area contributed by atoms with E-state index in [4.69, 9.17) is 0 Å². The van der Waals surface area contributed by atoms with Gasteiger partial charge in [-0.3, -0.25) is 0 Å². The van der Waals surface area contributed by atoms with Gasteiger partial charge in [-0.15, -0.1) is 11.3 Å². The minimum Gasteiger partial charge on any atom is -0.310 e. The third-order valence-electron chi connectivity index (χ3n) is 9.80. The normalized spacial score (nSPS) is 11.8. The van der Waals surface area contributed by atoms with Gasteiger partial charge in [0.2, 0.25) is 0 Å². The maximum Gasteiger partial charge on any atom is 0.0476 e. The molecular weight excluding hydrogens is 599 g/mol. The lowest BCUT2D eigenvalue weighted by atomic mass is 9.90. The second-order valence-electron chi connectivity index (χ2n) is 12.5. The maximum absolute atomic E-state index is 2.37. The van der Waals surface area contributed by atoms with Crippen LogP contribution in [0.2, 0.25) is 0 Å². The van der Waals surface area contributed by atoms with Crippen LogP contribution in [0.4, 0.5) is 17.1 Å². The number of hydrogen-bond acceptors (Lipinski definition) is 2. The van der Waals surface area contributed by atoms with Crippen molar-refractivity contribution in [3.8, 4) is 11.1 Å². The molecule has 0 bridgehead atoms. The van der Waals surface area contributed by atoms with Crippen molar-refractivity contribution in [2.45, 2.75) is 0 Å². The zero-order valence-electron chi connectivity index (χ0n) is 26.1. The number of fused-ring (bicyclic) bond motifs is 10. The Morgan fingerprint density at radius 2 is 0.896 bits per heavy atom. The van der Waals surface area contributed by atoms with Crippen LogP contribution in [0, 0.1) is 0 Å². The standard InChI is InChI=1S/C46H29NS/c1-2-13-34(14-3-1)47(36-24-26-41-44(29-36)48-43-27-21-31-11-5-8-16-38(31)46(41)43)35-22-18-32(19-23-35)42-28-33-12-6-9-17-39(33)45-37-15-7-4-10-30(37)20-25-40(42)45/h1-29H. The first-order valence-electron chi connectivity index (χ1n) is 16.4. The molecular formula is C46H29NS. The first kappa shape index (κ1) is 27.2. The molecule has 10 rings (SSSR count).